The molecule has 2 aliphatic heterocycles. The molecule has 0 aromatic carbocycles. The number of likely N-dealkylation sites (tertiary alicyclic amines) is 2. The summed E-state index contributed by atoms with van der Waals surface area (Å²) in [6.07, 6.45) is 3.35. The van der Waals surface area contributed by atoms with Gasteiger partial charge in [-0.1, -0.05) is 6.42 Å². The fraction of sp³-hybridized carbons (Fsp3) is 0.833. The van der Waals surface area contributed by atoms with E-state index in [-0.39, 0.29) is 12.1 Å². The quantitative estimate of drug-likeness (QED) is 0.772. The van der Waals surface area contributed by atoms with Crippen LogP contribution in [0.15, 0.2) is 0 Å². The summed E-state index contributed by atoms with van der Waals surface area (Å²) in [6, 6.07) is -0.151. The van der Waals surface area contributed by atoms with Crippen molar-refractivity contribution in [1.29, 1.82) is 0 Å². The van der Waals surface area contributed by atoms with Crippen molar-refractivity contribution in [2.45, 2.75) is 44.2 Å². The molecule has 0 saturated carbocycles. The monoisotopic (exact) mass is 256 g/mol. The summed E-state index contributed by atoms with van der Waals surface area (Å²) in [5, 5.41) is 18.1. The Kier molecular flexibility index (Phi) is 4.06. The van der Waals surface area contributed by atoms with Crippen LogP contribution in [0.1, 0.15) is 32.1 Å². The van der Waals surface area contributed by atoms with E-state index in [1.165, 1.54) is 4.90 Å². The van der Waals surface area contributed by atoms with Gasteiger partial charge in [0.15, 0.2) is 0 Å². The highest BCUT2D eigenvalue weighted by Gasteiger charge is 2.35. The van der Waals surface area contributed by atoms with E-state index in [1.807, 2.05) is 0 Å². The van der Waals surface area contributed by atoms with Crippen molar-refractivity contribution < 1.29 is 19.8 Å². The molecule has 2 saturated heterocycles. The van der Waals surface area contributed by atoms with Gasteiger partial charge in [0.2, 0.25) is 0 Å². The molecule has 6 heteroatoms. The van der Waals surface area contributed by atoms with Crippen LogP contribution in [0.4, 0.5) is 4.79 Å². The van der Waals surface area contributed by atoms with Crippen molar-refractivity contribution >= 4 is 12.1 Å². The number of amides is 1. The lowest BCUT2D eigenvalue weighted by molar-refractivity contribution is -0.146. The molecular formula is C12H20N2O4. The van der Waals surface area contributed by atoms with E-state index in [9.17, 15) is 14.7 Å². The Morgan fingerprint density at radius 3 is 2.17 bits per heavy atom. The predicted octanol–water partition coefficient (Wildman–Crippen LogP) is 1.07. The van der Waals surface area contributed by atoms with Crippen molar-refractivity contribution in [1.82, 2.24) is 9.80 Å². The molecule has 102 valence electrons. The molecule has 2 N–H and O–H groups in total. The van der Waals surface area contributed by atoms with E-state index >= 15 is 0 Å². The van der Waals surface area contributed by atoms with Gasteiger partial charge < -0.3 is 15.1 Å². The lowest BCUT2D eigenvalue weighted by Gasteiger charge is -2.42. The van der Waals surface area contributed by atoms with Gasteiger partial charge in [-0.25, -0.2) is 4.79 Å². The first-order valence-electron chi connectivity index (χ1n) is 6.56. The first-order chi connectivity index (χ1) is 8.59. The first-order valence-corrected chi connectivity index (χ1v) is 6.56. The number of hydrogen-bond acceptors (Lipinski definition) is 3. The Morgan fingerprint density at radius 2 is 1.61 bits per heavy atom. The SMILES string of the molecule is O=C(O)C1CCCCN1C1CCN(C(=O)O)CC1. The molecule has 0 aromatic rings. The van der Waals surface area contributed by atoms with Crippen LogP contribution in [-0.4, -0.2) is 63.8 Å². The fourth-order valence-corrected chi connectivity index (χ4v) is 3.04. The normalized spacial score (nSPS) is 27.1. The van der Waals surface area contributed by atoms with Crippen molar-refractivity contribution in [3.8, 4) is 0 Å². The second-order valence-electron chi connectivity index (χ2n) is 5.09. The van der Waals surface area contributed by atoms with E-state index in [2.05, 4.69) is 4.90 Å². The molecule has 6 nitrogen and oxygen atoms in total. The minimum absolute atomic E-state index is 0.224. The highest BCUT2D eigenvalue weighted by Crippen LogP contribution is 2.25. The molecule has 2 fully saturated rings. The molecule has 2 heterocycles. The van der Waals surface area contributed by atoms with Gasteiger partial charge in [0.1, 0.15) is 6.04 Å². The molecule has 2 aliphatic rings. The maximum Gasteiger partial charge on any atom is 0.407 e. The van der Waals surface area contributed by atoms with E-state index in [0.717, 1.165) is 32.2 Å². The summed E-state index contributed by atoms with van der Waals surface area (Å²) in [4.78, 5) is 25.5. The number of piperidine rings is 2. The average molecular weight is 256 g/mol. The van der Waals surface area contributed by atoms with Gasteiger partial charge in [-0.15, -0.1) is 0 Å². The molecule has 0 bridgehead atoms. The van der Waals surface area contributed by atoms with Crippen LogP contribution in [0.25, 0.3) is 0 Å². The molecule has 2 rings (SSSR count). The van der Waals surface area contributed by atoms with Gasteiger partial charge in [-0.3, -0.25) is 9.69 Å². The Bertz CT molecular complexity index is 326. The molecule has 1 unspecified atom stereocenters. The Balaban J connectivity index is 1.94. The first kappa shape index (κ1) is 13.1. The number of carboxylic acid groups (broad SMARTS) is 2. The zero-order valence-electron chi connectivity index (χ0n) is 10.4. The minimum Gasteiger partial charge on any atom is -0.480 e. The molecule has 1 atom stereocenters. The van der Waals surface area contributed by atoms with Crippen molar-refractivity contribution in [2.24, 2.45) is 0 Å². The molecule has 18 heavy (non-hydrogen) atoms. The molecule has 0 spiro atoms. The third-order valence-corrected chi connectivity index (χ3v) is 4.03. The Morgan fingerprint density at radius 1 is 0.944 bits per heavy atom. The molecule has 0 radical (unpaired) electrons. The smallest absolute Gasteiger partial charge is 0.407 e. The predicted molar refractivity (Wildman–Crippen MR) is 64.6 cm³/mol. The highest BCUT2D eigenvalue weighted by atomic mass is 16.4. The van der Waals surface area contributed by atoms with Crippen LogP contribution < -0.4 is 0 Å². The molecule has 0 aromatic heterocycles. The van der Waals surface area contributed by atoms with Crippen molar-refractivity contribution in [3.05, 3.63) is 0 Å². The van der Waals surface area contributed by atoms with Crippen LogP contribution in [0.2, 0.25) is 0 Å². The van der Waals surface area contributed by atoms with Gasteiger partial charge in [0.25, 0.3) is 0 Å². The zero-order chi connectivity index (χ0) is 13.1. The lowest BCUT2D eigenvalue weighted by atomic mass is 9.95. The van der Waals surface area contributed by atoms with E-state index < -0.39 is 12.1 Å². The second kappa shape index (κ2) is 5.56. The summed E-state index contributed by atoms with van der Waals surface area (Å²) < 4.78 is 0. The third kappa shape index (κ3) is 2.75. The van der Waals surface area contributed by atoms with E-state index in [4.69, 9.17) is 5.11 Å². The van der Waals surface area contributed by atoms with E-state index in [0.29, 0.717) is 19.5 Å². The largest absolute Gasteiger partial charge is 0.480 e. The number of nitrogens with zero attached hydrogens (tertiary/aromatic N) is 2. The van der Waals surface area contributed by atoms with Crippen LogP contribution in [0.3, 0.4) is 0 Å². The van der Waals surface area contributed by atoms with Gasteiger partial charge in [-0.2, -0.15) is 0 Å². The average Bonchev–Trinajstić information content (AvgIpc) is 2.39. The van der Waals surface area contributed by atoms with E-state index in [1.54, 1.807) is 0 Å². The number of carboxylic acids is 1. The minimum atomic E-state index is -0.873. The highest BCUT2D eigenvalue weighted by molar-refractivity contribution is 5.73. The topological polar surface area (TPSA) is 81.1 Å². The summed E-state index contributed by atoms with van der Waals surface area (Å²) in [5.74, 6) is -0.740. The number of carbonyl (C=O) groups is 2. The number of aliphatic carboxylic acids is 1. The maximum absolute atomic E-state index is 11.2. The summed E-state index contributed by atoms with van der Waals surface area (Å²) in [6.45, 7) is 1.86. The number of rotatable bonds is 2. The Hall–Kier alpha value is -1.30. The van der Waals surface area contributed by atoms with Crippen LogP contribution in [0.5, 0.6) is 0 Å². The van der Waals surface area contributed by atoms with Crippen LogP contribution in [0, 0.1) is 0 Å². The van der Waals surface area contributed by atoms with Gasteiger partial charge in [0, 0.05) is 19.1 Å². The standard InChI is InChI=1S/C12H20N2O4/c15-11(16)10-3-1-2-6-14(10)9-4-7-13(8-5-9)12(17)18/h9-10H,1-8H2,(H,15,16)(H,17,18). The Labute approximate surface area is 106 Å². The fourth-order valence-electron chi connectivity index (χ4n) is 3.04. The summed E-state index contributed by atoms with van der Waals surface area (Å²) in [7, 11) is 0. The van der Waals surface area contributed by atoms with Gasteiger partial charge >= 0.3 is 12.1 Å². The molecular weight excluding hydrogens is 236 g/mol. The molecule has 0 aliphatic carbocycles. The third-order valence-electron chi connectivity index (χ3n) is 4.03. The van der Waals surface area contributed by atoms with Crippen molar-refractivity contribution in [2.75, 3.05) is 19.6 Å². The van der Waals surface area contributed by atoms with Gasteiger partial charge in [0.05, 0.1) is 0 Å². The summed E-state index contributed by atoms with van der Waals surface area (Å²) >= 11 is 0. The van der Waals surface area contributed by atoms with Crippen LogP contribution >= 0.6 is 0 Å². The lowest BCUT2D eigenvalue weighted by Crippen LogP contribution is -2.54. The van der Waals surface area contributed by atoms with Crippen LogP contribution in [-0.2, 0) is 4.79 Å². The van der Waals surface area contributed by atoms with Gasteiger partial charge in [-0.05, 0) is 32.2 Å². The molecule has 1 amide bonds. The van der Waals surface area contributed by atoms with Crippen molar-refractivity contribution in [3.63, 3.8) is 0 Å². The second-order valence-corrected chi connectivity index (χ2v) is 5.09. The summed E-state index contributed by atoms with van der Waals surface area (Å²) in [5.41, 5.74) is 0. The number of hydrogen-bond donors (Lipinski definition) is 2. The zero-order valence-corrected chi connectivity index (χ0v) is 10.4. The maximum atomic E-state index is 11.2.